The second-order valence-electron chi connectivity index (χ2n) is 7.56. The molecule has 32 heavy (non-hydrogen) atoms. The van der Waals surface area contributed by atoms with Gasteiger partial charge in [0.05, 0.1) is 0 Å². The Morgan fingerprint density at radius 3 is 2.12 bits per heavy atom. The Balaban J connectivity index is -0.000000521. The molecule has 1 aromatic carbocycles. The van der Waals surface area contributed by atoms with E-state index in [0.717, 1.165) is 24.0 Å². The van der Waals surface area contributed by atoms with Gasteiger partial charge in [-0.3, -0.25) is 0 Å². The second-order valence-corrected chi connectivity index (χ2v) is 9.24. The quantitative estimate of drug-likeness (QED) is 0.168. The summed E-state index contributed by atoms with van der Waals surface area (Å²) in [7, 11) is -3.59. The molecule has 0 fully saturated rings. The number of nitrogens with zero attached hydrogens (tertiary/aromatic N) is 1. The molecule has 1 rings (SSSR count). The molecule has 0 amide bonds. The topological polar surface area (TPSA) is 72.0 Å². The first kappa shape index (κ1) is 35.5. The Hall–Kier alpha value is -1.07. The standard InChI is InChI=1S/C13H20N2O2S.C11H18.C2H5.Ru/c1-3-4-5-12(14)10-15-18(16,17)13-8-6-11(2)7-9-13;1-6-11(10(4)5)8-7-9(2)3;1-2;/h6-9,12,14H,3-5,10H2,1-2H3;6-8,10H,2H2,1,3-5H3;1H2,2H3;/q-2;;-1;+3/b;8-7-,11-6+;;/t12-;;;/m1.../s1. The molecule has 0 heterocycles. The molecule has 1 atom stereocenters. The summed E-state index contributed by atoms with van der Waals surface area (Å²) in [6.45, 7) is 21.3. The number of nitrogens with one attached hydrogen (secondary N) is 1. The van der Waals surface area contributed by atoms with Crippen LogP contribution in [0.2, 0.25) is 0 Å². The van der Waals surface area contributed by atoms with Crippen molar-refractivity contribution in [1.82, 2.24) is 0 Å². The molecule has 183 valence electrons. The predicted molar refractivity (Wildman–Crippen MR) is 138 cm³/mol. The minimum Gasteiger partial charge on any atom is -0.676 e. The van der Waals surface area contributed by atoms with E-state index < -0.39 is 16.1 Å². The fraction of sp³-hybridized carbons (Fsp3) is 0.500. The van der Waals surface area contributed by atoms with Gasteiger partial charge in [-0.2, -0.15) is 19.5 Å². The number of aryl methyl sites for hydroxylation is 1. The number of sulfonamides is 1. The van der Waals surface area contributed by atoms with Crippen molar-refractivity contribution in [3.05, 3.63) is 83.2 Å². The zero-order valence-electron chi connectivity index (χ0n) is 21.0. The van der Waals surface area contributed by atoms with Gasteiger partial charge in [0, 0.05) is 4.90 Å². The van der Waals surface area contributed by atoms with E-state index in [1.807, 2.05) is 20.8 Å². The van der Waals surface area contributed by atoms with Crippen LogP contribution in [0.15, 0.2) is 65.1 Å². The zero-order chi connectivity index (χ0) is 24.4. The van der Waals surface area contributed by atoms with Gasteiger partial charge in [-0.1, -0.05) is 88.1 Å². The molecule has 0 aliphatic carbocycles. The molecule has 1 N–H and O–H groups in total. The van der Waals surface area contributed by atoms with Crippen LogP contribution in [0.1, 0.15) is 66.4 Å². The molecule has 1 radical (unpaired) electrons. The monoisotopic (exact) mass is 549 g/mol. The number of hydrogen-bond acceptors (Lipinski definition) is 2. The van der Waals surface area contributed by atoms with Crippen molar-refractivity contribution < 1.29 is 27.9 Å². The largest absolute Gasteiger partial charge is 3.00 e. The number of unbranched alkanes of at least 4 members (excludes halogenated alkanes) is 1. The predicted octanol–water partition coefficient (Wildman–Crippen LogP) is 8.23. The van der Waals surface area contributed by atoms with Crippen LogP contribution in [0.3, 0.4) is 0 Å². The third-order valence-corrected chi connectivity index (χ3v) is 5.61. The molecular formula is C26H43N2O2RuS. The first-order valence-corrected chi connectivity index (χ1v) is 12.4. The number of benzene rings is 1. The smallest absolute Gasteiger partial charge is 0.676 e. The van der Waals surface area contributed by atoms with Crippen LogP contribution in [0.4, 0.5) is 0 Å². The van der Waals surface area contributed by atoms with Crippen LogP contribution in [0.25, 0.3) is 10.5 Å². The van der Waals surface area contributed by atoms with Crippen molar-refractivity contribution >= 4 is 10.0 Å². The third kappa shape index (κ3) is 17.5. The fourth-order valence-corrected chi connectivity index (χ4v) is 3.38. The Bertz CT molecular complexity index is 768. The summed E-state index contributed by atoms with van der Waals surface area (Å²) in [5, 5.41) is 0. The molecule has 0 saturated carbocycles. The normalized spacial score (nSPS) is 12.2. The molecule has 1 aromatic rings. The van der Waals surface area contributed by atoms with Gasteiger partial charge >= 0.3 is 19.5 Å². The van der Waals surface area contributed by atoms with Crippen molar-refractivity contribution in [2.24, 2.45) is 5.92 Å². The molecule has 4 nitrogen and oxygen atoms in total. The van der Waals surface area contributed by atoms with Crippen molar-refractivity contribution in [2.75, 3.05) is 6.54 Å². The SMILES string of the molecule is C=C(C)/C=C\C(=C/C)C(C)C.CCCC[C@@H]([NH-])C[N-]S(=O)(=O)c1ccc(C)cc1.[CH2-]C.[Ru+3]. The molecule has 0 saturated heterocycles. The van der Waals surface area contributed by atoms with E-state index >= 15 is 0 Å². The maximum absolute atomic E-state index is 11.9. The maximum atomic E-state index is 11.9. The second kappa shape index (κ2) is 20.5. The first-order valence-electron chi connectivity index (χ1n) is 11.0. The van der Waals surface area contributed by atoms with Gasteiger partial charge in [0.15, 0.2) is 0 Å². The van der Waals surface area contributed by atoms with E-state index in [-0.39, 0.29) is 30.9 Å². The summed E-state index contributed by atoms with van der Waals surface area (Å²) in [4.78, 5) is 0.204. The van der Waals surface area contributed by atoms with Crippen molar-refractivity contribution in [3.63, 3.8) is 0 Å². The Labute approximate surface area is 211 Å². The first-order chi connectivity index (χ1) is 14.5. The van der Waals surface area contributed by atoms with Crippen LogP contribution >= 0.6 is 0 Å². The van der Waals surface area contributed by atoms with Crippen LogP contribution in [-0.2, 0) is 29.5 Å². The van der Waals surface area contributed by atoms with Crippen molar-refractivity contribution in [1.29, 1.82) is 0 Å². The van der Waals surface area contributed by atoms with Gasteiger partial charge in [0.25, 0.3) is 0 Å². The van der Waals surface area contributed by atoms with E-state index in [9.17, 15) is 8.42 Å². The molecule has 0 aliphatic heterocycles. The number of hydrogen-bond donors (Lipinski definition) is 0. The van der Waals surface area contributed by atoms with Crippen LogP contribution < -0.4 is 0 Å². The van der Waals surface area contributed by atoms with Gasteiger partial charge in [0.2, 0.25) is 0 Å². The van der Waals surface area contributed by atoms with Gasteiger partial charge < -0.3 is 17.4 Å². The molecule has 0 aromatic heterocycles. The minimum atomic E-state index is -3.59. The van der Waals surface area contributed by atoms with E-state index in [0.29, 0.717) is 12.3 Å². The van der Waals surface area contributed by atoms with E-state index in [2.05, 4.69) is 57.2 Å². The van der Waals surface area contributed by atoms with Gasteiger partial charge in [-0.15, -0.1) is 0 Å². The molecule has 0 spiro atoms. The van der Waals surface area contributed by atoms with Gasteiger partial charge in [-0.05, 0) is 44.4 Å². The van der Waals surface area contributed by atoms with Gasteiger partial charge in [0.1, 0.15) is 10.0 Å². The van der Waals surface area contributed by atoms with Crippen LogP contribution in [0.5, 0.6) is 0 Å². The van der Waals surface area contributed by atoms with Crippen molar-refractivity contribution in [2.45, 2.75) is 78.7 Å². The summed E-state index contributed by atoms with van der Waals surface area (Å²) in [6, 6.07) is 6.18. The van der Waals surface area contributed by atoms with E-state index in [4.69, 9.17) is 5.73 Å². The molecule has 6 heteroatoms. The summed E-state index contributed by atoms with van der Waals surface area (Å²) >= 11 is 0. The van der Waals surface area contributed by atoms with E-state index in [1.54, 1.807) is 31.2 Å². The van der Waals surface area contributed by atoms with Crippen LogP contribution in [0, 0.1) is 19.8 Å². The summed E-state index contributed by atoms with van der Waals surface area (Å²) in [5.74, 6) is 0.607. The molecule has 0 aliphatic rings. The Morgan fingerprint density at radius 1 is 1.19 bits per heavy atom. The van der Waals surface area contributed by atoms with Crippen LogP contribution in [-0.4, -0.2) is 21.0 Å². The summed E-state index contributed by atoms with van der Waals surface area (Å²) < 4.78 is 27.4. The zero-order valence-corrected chi connectivity index (χ0v) is 23.5. The summed E-state index contributed by atoms with van der Waals surface area (Å²) in [6.07, 6.45) is 8.98. The number of rotatable bonds is 10. The maximum Gasteiger partial charge on any atom is 3.00 e. The fourth-order valence-electron chi connectivity index (χ4n) is 2.38. The van der Waals surface area contributed by atoms with E-state index in [1.165, 1.54) is 5.57 Å². The van der Waals surface area contributed by atoms with Gasteiger partial charge in [-0.25, -0.2) is 8.42 Å². The summed E-state index contributed by atoms with van der Waals surface area (Å²) in [5.41, 5.74) is 11.2. The number of allylic oxidation sites excluding steroid dienone is 5. The molecule has 0 unspecified atom stereocenters. The minimum absolute atomic E-state index is 0. The third-order valence-electron chi connectivity index (χ3n) is 4.25. The average Bonchev–Trinajstić information content (AvgIpc) is 2.73. The Morgan fingerprint density at radius 2 is 1.72 bits per heavy atom. The molecule has 0 bridgehead atoms. The molecular weight excluding hydrogens is 505 g/mol. The average molecular weight is 549 g/mol. The van der Waals surface area contributed by atoms with Crippen molar-refractivity contribution in [3.8, 4) is 0 Å². The Kier molecular flexibility index (Phi) is 22.8.